The minimum absolute atomic E-state index is 0.477. The van der Waals surface area contributed by atoms with Crippen molar-refractivity contribution >= 4 is 11.5 Å². The summed E-state index contributed by atoms with van der Waals surface area (Å²) in [6.07, 6.45) is 0. The second-order valence-electron chi connectivity index (χ2n) is 4.96. The van der Waals surface area contributed by atoms with Crippen molar-refractivity contribution < 1.29 is 4.74 Å². The topological polar surface area (TPSA) is 42.3 Å². The fourth-order valence-electron chi connectivity index (χ4n) is 2.96. The van der Waals surface area contributed by atoms with Crippen LogP contribution >= 0.6 is 0 Å². The van der Waals surface area contributed by atoms with Crippen LogP contribution in [0.25, 0.3) is 0 Å². The first-order valence-corrected chi connectivity index (χ1v) is 6.34. The lowest BCUT2D eigenvalue weighted by Gasteiger charge is -2.27. The van der Waals surface area contributed by atoms with Crippen molar-refractivity contribution in [3.05, 3.63) is 5.69 Å². The molecule has 0 aliphatic carbocycles. The van der Waals surface area contributed by atoms with Crippen LogP contribution in [0.15, 0.2) is 0 Å². The Bertz CT molecular complexity index is 428. The molecule has 0 radical (unpaired) electrons. The molecule has 0 spiro atoms. The van der Waals surface area contributed by atoms with E-state index in [9.17, 15) is 0 Å². The summed E-state index contributed by atoms with van der Waals surface area (Å²) in [6.45, 7) is 7.79. The third-order valence-electron chi connectivity index (χ3n) is 3.94. The standard InChI is InChI=1S/C12H20N4O/c1-4-16-12-11(8(2)14-16)13-5-9-6-17-7-10(9)15(12)3/h9-10,13H,4-7H2,1-3H3. The van der Waals surface area contributed by atoms with Crippen molar-refractivity contribution in [3.8, 4) is 0 Å². The van der Waals surface area contributed by atoms with Crippen molar-refractivity contribution in [2.24, 2.45) is 5.92 Å². The zero-order valence-electron chi connectivity index (χ0n) is 10.7. The largest absolute Gasteiger partial charge is 0.380 e. The highest BCUT2D eigenvalue weighted by Crippen LogP contribution is 2.36. The number of aryl methyl sites for hydroxylation is 2. The zero-order valence-corrected chi connectivity index (χ0v) is 10.7. The van der Waals surface area contributed by atoms with Crippen molar-refractivity contribution in [2.75, 3.05) is 37.0 Å². The molecule has 1 fully saturated rings. The van der Waals surface area contributed by atoms with Crippen molar-refractivity contribution in [2.45, 2.75) is 26.4 Å². The Morgan fingerprint density at radius 2 is 2.29 bits per heavy atom. The molecule has 3 heterocycles. The maximum atomic E-state index is 5.60. The van der Waals surface area contributed by atoms with E-state index in [4.69, 9.17) is 4.74 Å². The van der Waals surface area contributed by atoms with E-state index < -0.39 is 0 Å². The summed E-state index contributed by atoms with van der Waals surface area (Å²) in [5, 5.41) is 8.13. The molecule has 2 unspecified atom stereocenters. The first-order valence-electron chi connectivity index (χ1n) is 6.34. The van der Waals surface area contributed by atoms with E-state index in [1.54, 1.807) is 0 Å². The molecule has 0 aromatic carbocycles. The minimum Gasteiger partial charge on any atom is -0.380 e. The molecule has 0 saturated carbocycles. The van der Waals surface area contributed by atoms with Crippen LogP contribution < -0.4 is 10.2 Å². The van der Waals surface area contributed by atoms with E-state index in [0.29, 0.717) is 12.0 Å². The molecule has 1 N–H and O–H groups in total. The molecule has 1 saturated heterocycles. The van der Waals surface area contributed by atoms with E-state index in [1.807, 2.05) is 0 Å². The molecule has 3 rings (SSSR count). The highest BCUT2D eigenvalue weighted by Gasteiger charge is 2.36. The van der Waals surface area contributed by atoms with Gasteiger partial charge in [-0.25, -0.2) is 4.68 Å². The number of rotatable bonds is 1. The van der Waals surface area contributed by atoms with Crippen LogP contribution in [0.2, 0.25) is 0 Å². The van der Waals surface area contributed by atoms with Crippen LogP contribution in [-0.2, 0) is 11.3 Å². The van der Waals surface area contributed by atoms with Crippen LogP contribution in [0.1, 0.15) is 12.6 Å². The van der Waals surface area contributed by atoms with Crippen LogP contribution in [0.5, 0.6) is 0 Å². The lowest BCUT2D eigenvalue weighted by Crippen LogP contribution is -2.39. The van der Waals surface area contributed by atoms with E-state index in [0.717, 1.165) is 32.0 Å². The number of hydrogen-bond donors (Lipinski definition) is 1. The molecular formula is C12H20N4O. The van der Waals surface area contributed by atoms with Crippen molar-refractivity contribution in [3.63, 3.8) is 0 Å². The SMILES string of the molecule is CCn1nc(C)c2c1N(C)C1COCC1CN2. The van der Waals surface area contributed by atoms with Gasteiger partial charge in [0.15, 0.2) is 5.82 Å². The molecule has 2 aliphatic rings. The fraction of sp³-hybridized carbons (Fsp3) is 0.750. The monoisotopic (exact) mass is 236 g/mol. The number of nitrogens with zero attached hydrogens (tertiary/aromatic N) is 3. The lowest BCUT2D eigenvalue weighted by molar-refractivity contribution is 0.185. The van der Waals surface area contributed by atoms with Gasteiger partial charge in [0.05, 0.1) is 24.9 Å². The molecule has 1 aromatic rings. The van der Waals surface area contributed by atoms with Gasteiger partial charge < -0.3 is 15.0 Å². The van der Waals surface area contributed by atoms with E-state index >= 15 is 0 Å². The Labute approximate surface area is 102 Å². The van der Waals surface area contributed by atoms with Gasteiger partial charge in [0.2, 0.25) is 0 Å². The number of hydrogen-bond acceptors (Lipinski definition) is 4. The Kier molecular flexibility index (Phi) is 2.50. The average molecular weight is 236 g/mol. The van der Waals surface area contributed by atoms with Gasteiger partial charge in [-0.05, 0) is 13.8 Å². The van der Waals surface area contributed by atoms with Gasteiger partial charge in [-0.15, -0.1) is 0 Å². The minimum atomic E-state index is 0.477. The quantitative estimate of drug-likeness (QED) is 0.792. The summed E-state index contributed by atoms with van der Waals surface area (Å²) in [6, 6.07) is 0.477. The summed E-state index contributed by atoms with van der Waals surface area (Å²) in [4.78, 5) is 2.34. The number of likely N-dealkylation sites (N-methyl/N-ethyl adjacent to an activating group) is 1. The van der Waals surface area contributed by atoms with E-state index in [2.05, 4.69) is 40.9 Å². The summed E-state index contributed by atoms with van der Waals surface area (Å²) >= 11 is 0. The predicted molar refractivity (Wildman–Crippen MR) is 67.6 cm³/mol. The van der Waals surface area contributed by atoms with Crippen molar-refractivity contribution in [1.82, 2.24) is 9.78 Å². The predicted octanol–water partition coefficient (Wildman–Crippen LogP) is 1.09. The van der Waals surface area contributed by atoms with Crippen molar-refractivity contribution in [1.29, 1.82) is 0 Å². The third kappa shape index (κ3) is 1.52. The molecule has 0 bridgehead atoms. The van der Waals surface area contributed by atoms with Crippen LogP contribution in [0.4, 0.5) is 11.5 Å². The molecular weight excluding hydrogens is 216 g/mol. The molecule has 94 valence electrons. The summed E-state index contributed by atoms with van der Waals surface area (Å²) in [5.41, 5.74) is 2.29. The van der Waals surface area contributed by atoms with Gasteiger partial charge in [-0.1, -0.05) is 0 Å². The third-order valence-corrected chi connectivity index (χ3v) is 3.94. The van der Waals surface area contributed by atoms with Gasteiger partial charge >= 0.3 is 0 Å². The molecule has 2 atom stereocenters. The van der Waals surface area contributed by atoms with E-state index in [-0.39, 0.29) is 0 Å². The molecule has 2 aliphatic heterocycles. The first kappa shape index (κ1) is 10.9. The number of nitrogens with one attached hydrogen (secondary N) is 1. The second-order valence-corrected chi connectivity index (χ2v) is 4.96. The maximum absolute atomic E-state index is 5.60. The Balaban J connectivity index is 2.06. The summed E-state index contributed by atoms with van der Waals surface area (Å²) in [7, 11) is 2.16. The Hall–Kier alpha value is -1.23. The summed E-state index contributed by atoms with van der Waals surface area (Å²) in [5.74, 6) is 1.79. The molecule has 5 nitrogen and oxygen atoms in total. The smallest absolute Gasteiger partial charge is 0.150 e. The molecule has 0 amide bonds. The van der Waals surface area contributed by atoms with Gasteiger partial charge in [0.25, 0.3) is 0 Å². The van der Waals surface area contributed by atoms with Gasteiger partial charge in [-0.3, -0.25) is 0 Å². The van der Waals surface area contributed by atoms with Crippen LogP contribution in [0.3, 0.4) is 0 Å². The molecule has 5 heteroatoms. The average Bonchev–Trinajstić information content (AvgIpc) is 2.87. The van der Waals surface area contributed by atoms with E-state index in [1.165, 1.54) is 11.5 Å². The maximum Gasteiger partial charge on any atom is 0.150 e. The second kappa shape index (κ2) is 3.91. The van der Waals surface area contributed by atoms with Gasteiger partial charge in [0.1, 0.15) is 5.69 Å². The Morgan fingerprint density at radius 1 is 1.47 bits per heavy atom. The highest BCUT2D eigenvalue weighted by molar-refractivity contribution is 5.70. The highest BCUT2D eigenvalue weighted by atomic mass is 16.5. The number of aromatic nitrogens is 2. The Morgan fingerprint density at radius 3 is 3.06 bits per heavy atom. The molecule has 17 heavy (non-hydrogen) atoms. The zero-order chi connectivity index (χ0) is 12.0. The summed E-state index contributed by atoms with van der Waals surface area (Å²) < 4.78 is 7.68. The number of fused-ring (bicyclic) bond motifs is 2. The van der Waals surface area contributed by atoms with Crippen LogP contribution in [-0.4, -0.2) is 42.6 Å². The molecule has 1 aromatic heterocycles. The lowest BCUT2D eigenvalue weighted by atomic mass is 10.0. The van der Waals surface area contributed by atoms with Gasteiger partial charge in [0, 0.05) is 26.1 Å². The fourth-order valence-corrected chi connectivity index (χ4v) is 2.96. The number of anilines is 2. The first-order chi connectivity index (χ1) is 8.22. The number of ether oxygens (including phenoxy) is 1. The van der Waals surface area contributed by atoms with Crippen LogP contribution in [0, 0.1) is 12.8 Å². The normalized spacial score (nSPS) is 27.4. The van der Waals surface area contributed by atoms with Gasteiger partial charge in [-0.2, -0.15) is 5.10 Å².